The van der Waals surface area contributed by atoms with Crippen LogP contribution in [0.15, 0.2) is 0 Å². The summed E-state index contributed by atoms with van der Waals surface area (Å²) < 4.78 is 28.9. The van der Waals surface area contributed by atoms with Crippen molar-refractivity contribution in [3.8, 4) is 0 Å². The van der Waals surface area contributed by atoms with Crippen LogP contribution in [0.25, 0.3) is 0 Å². The SMILES string of the molecule is CCCCCCCCCCCCOOP(=O)(O)OP(=O)(O)O. The van der Waals surface area contributed by atoms with Crippen molar-refractivity contribution in [1.29, 1.82) is 0 Å². The average molecular weight is 362 g/mol. The standard InChI is InChI=1S/C12H28O8P2/c1-2-3-4-5-6-7-8-9-10-11-12-18-19-22(16,17)20-21(13,14)15/h2-12H2,1H3,(H,16,17)(H2,13,14,15). The molecule has 0 aromatic heterocycles. The minimum atomic E-state index is -5.09. The van der Waals surface area contributed by atoms with Crippen LogP contribution in [0.1, 0.15) is 71.1 Å². The predicted molar refractivity (Wildman–Crippen MR) is 81.8 cm³/mol. The van der Waals surface area contributed by atoms with Crippen molar-refractivity contribution in [3.05, 3.63) is 0 Å². The van der Waals surface area contributed by atoms with E-state index in [1.165, 1.54) is 38.5 Å². The largest absolute Gasteiger partial charge is 0.508 e. The van der Waals surface area contributed by atoms with E-state index in [0.29, 0.717) is 6.42 Å². The van der Waals surface area contributed by atoms with Crippen molar-refractivity contribution in [1.82, 2.24) is 0 Å². The van der Waals surface area contributed by atoms with Gasteiger partial charge in [-0.1, -0.05) is 64.7 Å². The topological polar surface area (TPSA) is 123 Å². The molecule has 22 heavy (non-hydrogen) atoms. The highest BCUT2D eigenvalue weighted by Gasteiger charge is 2.33. The Morgan fingerprint density at radius 1 is 0.773 bits per heavy atom. The van der Waals surface area contributed by atoms with Crippen LogP contribution in [0.5, 0.6) is 0 Å². The summed E-state index contributed by atoms with van der Waals surface area (Å²) in [6, 6.07) is 0. The fraction of sp³-hybridized carbons (Fsp3) is 1.00. The fourth-order valence-corrected chi connectivity index (χ4v) is 3.29. The van der Waals surface area contributed by atoms with Crippen LogP contribution in [-0.4, -0.2) is 21.3 Å². The molecular formula is C12H28O8P2. The van der Waals surface area contributed by atoms with E-state index >= 15 is 0 Å². The first-order valence-electron chi connectivity index (χ1n) is 7.68. The zero-order valence-electron chi connectivity index (χ0n) is 13.1. The Labute approximate surface area is 132 Å². The van der Waals surface area contributed by atoms with Gasteiger partial charge in [0, 0.05) is 0 Å². The highest BCUT2D eigenvalue weighted by Crippen LogP contribution is 2.57. The van der Waals surface area contributed by atoms with E-state index in [4.69, 9.17) is 14.7 Å². The zero-order chi connectivity index (χ0) is 16.9. The summed E-state index contributed by atoms with van der Waals surface area (Å²) >= 11 is 0. The van der Waals surface area contributed by atoms with Gasteiger partial charge < -0.3 is 14.7 Å². The third kappa shape index (κ3) is 16.6. The van der Waals surface area contributed by atoms with Crippen LogP contribution < -0.4 is 0 Å². The molecule has 0 rings (SSSR count). The Morgan fingerprint density at radius 2 is 1.23 bits per heavy atom. The molecule has 1 unspecified atom stereocenters. The van der Waals surface area contributed by atoms with E-state index in [0.717, 1.165) is 19.3 Å². The summed E-state index contributed by atoms with van der Waals surface area (Å²) in [6.07, 6.45) is 11.3. The van der Waals surface area contributed by atoms with E-state index in [1.807, 2.05) is 0 Å². The van der Waals surface area contributed by atoms with Crippen molar-refractivity contribution < 1.29 is 37.7 Å². The molecule has 0 aliphatic heterocycles. The fourth-order valence-electron chi connectivity index (χ4n) is 1.90. The van der Waals surface area contributed by atoms with Crippen LogP contribution in [0.3, 0.4) is 0 Å². The second kappa shape index (κ2) is 12.6. The summed E-state index contributed by atoms with van der Waals surface area (Å²) in [5, 5.41) is 0. The molecule has 0 aromatic rings. The lowest BCUT2D eigenvalue weighted by atomic mass is 10.1. The van der Waals surface area contributed by atoms with Crippen LogP contribution in [-0.2, 0) is 23.0 Å². The van der Waals surface area contributed by atoms with Crippen molar-refractivity contribution in [3.63, 3.8) is 0 Å². The second-order valence-corrected chi connectivity index (χ2v) is 7.84. The van der Waals surface area contributed by atoms with Gasteiger partial charge in [0.15, 0.2) is 0 Å². The van der Waals surface area contributed by atoms with Gasteiger partial charge in [0.25, 0.3) is 0 Å². The Hall–Kier alpha value is 0.220. The maximum Gasteiger partial charge on any atom is 0.508 e. The van der Waals surface area contributed by atoms with Crippen LogP contribution >= 0.6 is 15.6 Å². The molecular weight excluding hydrogens is 334 g/mol. The van der Waals surface area contributed by atoms with Crippen molar-refractivity contribution in [2.24, 2.45) is 0 Å². The molecule has 3 N–H and O–H groups in total. The maximum absolute atomic E-state index is 11.0. The normalized spacial score (nSPS) is 14.9. The van der Waals surface area contributed by atoms with E-state index < -0.39 is 15.6 Å². The van der Waals surface area contributed by atoms with Gasteiger partial charge in [-0.3, -0.25) is 0 Å². The molecule has 8 nitrogen and oxygen atoms in total. The van der Waals surface area contributed by atoms with Crippen LogP contribution in [0, 0.1) is 0 Å². The van der Waals surface area contributed by atoms with Crippen molar-refractivity contribution in [2.45, 2.75) is 71.1 Å². The monoisotopic (exact) mass is 362 g/mol. The minimum absolute atomic E-state index is 0.0611. The highest BCUT2D eigenvalue weighted by molar-refractivity contribution is 7.60. The molecule has 0 aliphatic carbocycles. The van der Waals surface area contributed by atoms with E-state index in [2.05, 4.69) is 20.8 Å². The zero-order valence-corrected chi connectivity index (χ0v) is 14.8. The molecule has 0 aliphatic rings. The minimum Gasteiger partial charge on any atom is -0.302 e. The van der Waals surface area contributed by atoms with Gasteiger partial charge in [-0.2, -0.15) is 4.31 Å². The van der Waals surface area contributed by atoms with Crippen molar-refractivity contribution in [2.75, 3.05) is 6.61 Å². The number of hydrogen-bond acceptors (Lipinski definition) is 5. The van der Waals surface area contributed by atoms with Gasteiger partial charge in [0.1, 0.15) is 0 Å². The predicted octanol–water partition coefficient (Wildman–Crippen LogP) is 4.07. The summed E-state index contributed by atoms with van der Waals surface area (Å²) in [5.41, 5.74) is 0. The molecule has 0 saturated heterocycles. The average Bonchev–Trinajstić information content (AvgIpc) is 2.37. The smallest absolute Gasteiger partial charge is 0.302 e. The molecule has 0 bridgehead atoms. The maximum atomic E-state index is 11.0. The Balaban J connectivity index is 3.37. The van der Waals surface area contributed by atoms with Crippen molar-refractivity contribution >= 4 is 15.6 Å². The molecule has 0 amide bonds. The lowest BCUT2D eigenvalue weighted by Gasteiger charge is -2.11. The number of hydrogen-bond donors (Lipinski definition) is 3. The van der Waals surface area contributed by atoms with E-state index in [-0.39, 0.29) is 6.61 Å². The second-order valence-electron chi connectivity index (χ2n) is 5.12. The third-order valence-corrected chi connectivity index (χ3v) is 4.91. The Morgan fingerprint density at radius 3 is 1.68 bits per heavy atom. The lowest BCUT2D eigenvalue weighted by Crippen LogP contribution is -1.98. The molecule has 1 atom stereocenters. The first kappa shape index (κ1) is 22.2. The molecule has 0 saturated carbocycles. The van der Waals surface area contributed by atoms with Gasteiger partial charge in [0.2, 0.25) is 0 Å². The van der Waals surface area contributed by atoms with Gasteiger partial charge in [0.05, 0.1) is 6.61 Å². The molecule has 134 valence electrons. The molecule has 10 heteroatoms. The first-order valence-corrected chi connectivity index (χ1v) is 10.7. The summed E-state index contributed by atoms with van der Waals surface area (Å²) in [6.45, 7) is 2.26. The summed E-state index contributed by atoms with van der Waals surface area (Å²) in [7, 11) is -9.97. The Bertz CT molecular complexity index is 357. The van der Waals surface area contributed by atoms with Gasteiger partial charge in [-0.05, 0) is 6.42 Å². The number of unbranched alkanes of at least 4 members (excludes halogenated alkanes) is 9. The third-order valence-electron chi connectivity index (χ3n) is 2.94. The molecule has 0 spiro atoms. The van der Waals surface area contributed by atoms with Gasteiger partial charge in [-0.15, -0.1) is 4.67 Å². The molecule has 0 fully saturated rings. The van der Waals surface area contributed by atoms with Gasteiger partial charge in [-0.25, -0.2) is 14.0 Å². The number of phosphoric acid groups is 2. The Kier molecular flexibility index (Phi) is 12.7. The molecule has 0 heterocycles. The van der Waals surface area contributed by atoms with Gasteiger partial charge >= 0.3 is 15.6 Å². The van der Waals surface area contributed by atoms with E-state index in [1.54, 1.807) is 0 Å². The first-order chi connectivity index (χ1) is 10.3. The van der Waals surface area contributed by atoms with Crippen LogP contribution in [0.2, 0.25) is 0 Å². The molecule has 0 radical (unpaired) electrons. The van der Waals surface area contributed by atoms with Crippen LogP contribution in [0.4, 0.5) is 0 Å². The lowest BCUT2D eigenvalue weighted by molar-refractivity contribution is -0.221. The molecule has 0 aromatic carbocycles. The summed E-state index contributed by atoms with van der Waals surface area (Å²) in [5.74, 6) is 0. The number of rotatable bonds is 15. The highest BCUT2D eigenvalue weighted by atomic mass is 31.3. The summed E-state index contributed by atoms with van der Waals surface area (Å²) in [4.78, 5) is 30.1. The quantitative estimate of drug-likeness (QED) is 0.172. The van der Waals surface area contributed by atoms with E-state index in [9.17, 15) is 9.13 Å².